The largest absolute Gasteiger partial charge is 0.389 e. The van der Waals surface area contributed by atoms with Gasteiger partial charge in [-0.1, -0.05) is 35.5 Å². The minimum atomic E-state index is -0.682. The van der Waals surface area contributed by atoms with Crippen LogP contribution in [0.5, 0.6) is 0 Å². The molecule has 7 heteroatoms. The molecule has 0 unspecified atom stereocenters. The lowest BCUT2D eigenvalue weighted by Crippen LogP contribution is -2.44. The van der Waals surface area contributed by atoms with Crippen LogP contribution in [0.3, 0.4) is 0 Å². The predicted molar refractivity (Wildman–Crippen MR) is 94.1 cm³/mol. The molecule has 1 aromatic carbocycles. The Labute approximate surface area is 147 Å². The van der Waals surface area contributed by atoms with Crippen molar-refractivity contribution in [2.75, 3.05) is 25.5 Å². The zero-order valence-corrected chi connectivity index (χ0v) is 14.8. The van der Waals surface area contributed by atoms with Gasteiger partial charge in [-0.2, -0.15) is 0 Å². The number of hydrogen-bond acceptors (Lipinski definition) is 6. The summed E-state index contributed by atoms with van der Waals surface area (Å²) in [4.78, 5) is 14.0. The normalized spacial score (nSPS) is 13.6. The fourth-order valence-electron chi connectivity index (χ4n) is 2.29. The average molecular weight is 347 g/mol. The fourth-order valence-corrected chi connectivity index (χ4v) is 2.29. The number of benzene rings is 1. The molecule has 1 aromatic heterocycles. The summed E-state index contributed by atoms with van der Waals surface area (Å²) in [6.45, 7) is 4.49. The number of aliphatic hydroxyl groups excluding tert-OH is 1. The van der Waals surface area contributed by atoms with E-state index in [0.717, 1.165) is 5.56 Å². The van der Waals surface area contributed by atoms with Gasteiger partial charge in [-0.05, 0) is 26.5 Å². The highest BCUT2D eigenvalue weighted by Crippen LogP contribution is 2.09. The van der Waals surface area contributed by atoms with E-state index in [2.05, 4.69) is 10.5 Å². The summed E-state index contributed by atoms with van der Waals surface area (Å²) in [6, 6.07) is 11.0. The summed E-state index contributed by atoms with van der Waals surface area (Å²) in [5.74, 6) is 0.796. The van der Waals surface area contributed by atoms with Crippen molar-refractivity contribution in [3.05, 3.63) is 47.7 Å². The molecule has 2 N–H and O–H groups in total. The number of nitrogens with one attached hydrogen (secondary N) is 1. The second-order valence-corrected chi connectivity index (χ2v) is 6.08. The molecule has 2 aromatic rings. The van der Waals surface area contributed by atoms with Crippen LogP contribution < -0.4 is 5.32 Å². The molecule has 0 fully saturated rings. The van der Waals surface area contributed by atoms with Crippen molar-refractivity contribution >= 4 is 11.7 Å². The van der Waals surface area contributed by atoms with E-state index in [1.807, 2.05) is 30.3 Å². The van der Waals surface area contributed by atoms with E-state index in [1.54, 1.807) is 31.9 Å². The van der Waals surface area contributed by atoms with Gasteiger partial charge < -0.3 is 19.7 Å². The third kappa shape index (κ3) is 6.30. The Bertz CT molecular complexity index is 659. The van der Waals surface area contributed by atoms with E-state index < -0.39 is 12.1 Å². The molecule has 0 radical (unpaired) electrons. The molecule has 25 heavy (non-hydrogen) atoms. The van der Waals surface area contributed by atoms with Crippen molar-refractivity contribution in [2.45, 2.75) is 32.6 Å². The van der Waals surface area contributed by atoms with Crippen LogP contribution in [0.2, 0.25) is 0 Å². The maximum absolute atomic E-state index is 12.2. The van der Waals surface area contributed by atoms with Gasteiger partial charge in [0.25, 0.3) is 0 Å². The van der Waals surface area contributed by atoms with Crippen LogP contribution in [0.1, 0.15) is 18.2 Å². The van der Waals surface area contributed by atoms with Crippen molar-refractivity contribution in [1.82, 2.24) is 10.1 Å². The van der Waals surface area contributed by atoms with Crippen LogP contribution >= 0.6 is 0 Å². The molecule has 1 amide bonds. The Morgan fingerprint density at radius 2 is 2.12 bits per heavy atom. The van der Waals surface area contributed by atoms with Gasteiger partial charge in [-0.25, -0.2) is 0 Å². The summed E-state index contributed by atoms with van der Waals surface area (Å²) in [6.07, 6.45) is -0.682. The quantitative estimate of drug-likeness (QED) is 0.719. The minimum absolute atomic E-state index is 0.204. The minimum Gasteiger partial charge on any atom is -0.389 e. The zero-order chi connectivity index (χ0) is 18.2. The number of amides is 1. The Hall–Kier alpha value is -2.22. The SMILES string of the molecule is Cc1cc(NC(=O)[C@@H](C)N(C)C[C@H](O)COCc2ccccc2)no1. The summed E-state index contributed by atoms with van der Waals surface area (Å²) < 4.78 is 10.4. The van der Waals surface area contributed by atoms with Crippen LogP contribution in [0.25, 0.3) is 0 Å². The highest BCUT2D eigenvalue weighted by molar-refractivity contribution is 5.93. The number of likely N-dealkylation sites (N-methyl/N-ethyl adjacent to an activating group) is 1. The first-order valence-electron chi connectivity index (χ1n) is 8.20. The van der Waals surface area contributed by atoms with Crippen molar-refractivity contribution in [1.29, 1.82) is 0 Å². The molecule has 136 valence electrons. The number of aliphatic hydroxyl groups is 1. The monoisotopic (exact) mass is 347 g/mol. The second kappa shape index (κ2) is 9.31. The molecule has 7 nitrogen and oxygen atoms in total. The molecular formula is C18H25N3O4. The van der Waals surface area contributed by atoms with Crippen molar-refractivity contribution in [3.8, 4) is 0 Å². The number of carbonyl (C=O) groups excluding carboxylic acids is 1. The van der Waals surface area contributed by atoms with E-state index in [1.165, 1.54) is 0 Å². The number of aryl methyl sites for hydroxylation is 1. The number of hydrogen-bond donors (Lipinski definition) is 2. The first-order valence-corrected chi connectivity index (χ1v) is 8.20. The van der Waals surface area contributed by atoms with Gasteiger partial charge in [0.05, 0.1) is 25.4 Å². The topological polar surface area (TPSA) is 87.8 Å². The maximum Gasteiger partial charge on any atom is 0.242 e. The fraction of sp³-hybridized carbons (Fsp3) is 0.444. The summed E-state index contributed by atoms with van der Waals surface area (Å²) in [7, 11) is 1.78. The Morgan fingerprint density at radius 3 is 2.76 bits per heavy atom. The molecule has 0 saturated carbocycles. The smallest absolute Gasteiger partial charge is 0.242 e. The number of nitrogens with zero attached hydrogens (tertiary/aromatic N) is 2. The van der Waals surface area contributed by atoms with Gasteiger partial charge in [-0.3, -0.25) is 9.69 Å². The Morgan fingerprint density at radius 1 is 1.40 bits per heavy atom. The lowest BCUT2D eigenvalue weighted by molar-refractivity contribution is -0.121. The molecule has 0 aliphatic heterocycles. The maximum atomic E-state index is 12.2. The van der Waals surface area contributed by atoms with Crippen LogP contribution in [0.4, 0.5) is 5.82 Å². The molecule has 0 aliphatic rings. The highest BCUT2D eigenvalue weighted by Gasteiger charge is 2.21. The number of ether oxygens (including phenoxy) is 1. The molecule has 2 rings (SSSR count). The van der Waals surface area contributed by atoms with Gasteiger partial charge >= 0.3 is 0 Å². The number of carbonyl (C=O) groups is 1. The van der Waals surface area contributed by atoms with Gasteiger partial charge in [-0.15, -0.1) is 0 Å². The van der Waals surface area contributed by atoms with E-state index in [-0.39, 0.29) is 12.5 Å². The first-order chi connectivity index (χ1) is 12.0. The van der Waals surface area contributed by atoms with E-state index >= 15 is 0 Å². The zero-order valence-electron chi connectivity index (χ0n) is 14.8. The van der Waals surface area contributed by atoms with Crippen LogP contribution in [0.15, 0.2) is 40.9 Å². The van der Waals surface area contributed by atoms with E-state index in [0.29, 0.717) is 24.7 Å². The lowest BCUT2D eigenvalue weighted by atomic mass is 10.2. The lowest BCUT2D eigenvalue weighted by Gasteiger charge is -2.25. The van der Waals surface area contributed by atoms with Crippen molar-refractivity contribution in [3.63, 3.8) is 0 Å². The van der Waals surface area contributed by atoms with Crippen LogP contribution in [-0.2, 0) is 16.1 Å². The second-order valence-electron chi connectivity index (χ2n) is 6.08. The molecule has 2 atom stereocenters. The van der Waals surface area contributed by atoms with E-state index in [4.69, 9.17) is 9.26 Å². The van der Waals surface area contributed by atoms with Crippen LogP contribution in [-0.4, -0.2) is 53.4 Å². The third-order valence-electron chi connectivity index (χ3n) is 3.84. The van der Waals surface area contributed by atoms with Crippen molar-refractivity contribution < 1.29 is 19.2 Å². The number of aromatic nitrogens is 1. The Balaban J connectivity index is 1.71. The summed E-state index contributed by atoms with van der Waals surface area (Å²) in [5.41, 5.74) is 1.05. The summed E-state index contributed by atoms with van der Waals surface area (Å²) >= 11 is 0. The summed E-state index contributed by atoms with van der Waals surface area (Å²) in [5, 5.41) is 16.5. The molecule has 0 aliphatic carbocycles. The average Bonchev–Trinajstić information content (AvgIpc) is 2.99. The van der Waals surface area contributed by atoms with Crippen molar-refractivity contribution in [2.24, 2.45) is 0 Å². The van der Waals surface area contributed by atoms with Gasteiger partial charge in [0.15, 0.2) is 5.82 Å². The predicted octanol–water partition coefficient (Wildman–Crippen LogP) is 1.82. The molecule has 0 spiro atoms. The highest BCUT2D eigenvalue weighted by atomic mass is 16.5. The molecule has 1 heterocycles. The Kier molecular flexibility index (Phi) is 7.12. The van der Waals surface area contributed by atoms with Crippen LogP contribution in [0, 0.1) is 6.92 Å². The van der Waals surface area contributed by atoms with Gasteiger partial charge in [0, 0.05) is 12.6 Å². The van der Waals surface area contributed by atoms with Gasteiger partial charge in [0.1, 0.15) is 5.76 Å². The molecule has 0 saturated heterocycles. The van der Waals surface area contributed by atoms with Gasteiger partial charge in [0.2, 0.25) is 5.91 Å². The first kappa shape index (κ1) is 19.1. The van der Waals surface area contributed by atoms with E-state index in [9.17, 15) is 9.90 Å². The molecule has 0 bridgehead atoms. The number of anilines is 1. The molecular weight excluding hydrogens is 322 g/mol. The standard InChI is InChI=1S/C18H25N3O4/c1-13-9-17(20-25-13)19-18(23)14(2)21(3)10-16(22)12-24-11-15-7-5-4-6-8-15/h4-9,14,16,22H,10-12H2,1-3H3,(H,19,20,23)/t14-,16+/m1/s1. The third-order valence-corrected chi connectivity index (χ3v) is 3.84. The number of rotatable bonds is 9.